The Morgan fingerprint density at radius 1 is 1.17 bits per heavy atom. The van der Waals surface area contributed by atoms with E-state index in [0.717, 1.165) is 0 Å². The number of aromatic nitrogens is 4. The van der Waals surface area contributed by atoms with Crippen LogP contribution in [0.1, 0.15) is 0 Å². The first kappa shape index (κ1) is 10.5. The Morgan fingerprint density at radius 2 is 2.00 bits per heavy atom. The van der Waals surface area contributed by atoms with E-state index in [1.807, 2.05) is 0 Å². The fourth-order valence-electron chi connectivity index (χ4n) is 1.71. The number of aromatic amines is 1. The smallest absolute Gasteiger partial charge is 0.183 e. The molecule has 3 aromatic rings. The number of nitrogens with one attached hydrogen (secondary N) is 1. The number of nitrogens with two attached hydrogens (primary N) is 2. The highest BCUT2D eigenvalue weighted by atomic mass is 19.1. The van der Waals surface area contributed by atoms with E-state index in [4.69, 9.17) is 11.5 Å². The third-order valence-corrected chi connectivity index (χ3v) is 2.59. The maximum absolute atomic E-state index is 13.2. The van der Waals surface area contributed by atoms with Crippen LogP contribution in [0.3, 0.4) is 0 Å². The topological polar surface area (TPSA) is 106 Å². The van der Waals surface area contributed by atoms with Gasteiger partial charge in [-0.3, -0.25) is 0 Å². The van der Waals surface area contributed by atoms with Crippen LogP contribution in [0.4, 0.5) is 15.9 Å². The first-order valence-corrected chi connectivity index (χ1v) is 5.17. The molecule has 0 atom stereocenters. The number of nitrogen functional groups attached to an aromatic ring is 2. The first-order valence-electron chi connectivity index (χ1n) is 5.17. The molecule has 0 unspecified atom stereocenters. The SMILES string of the molecule is Nc1ccc(F)cc1-c1nc2ncnc(N)c2[nH]1. The minimum atomic E-state index is -0.390. The first-order chi connectivity index (χ1) is 8.65. The highest BCUT2D eigenvalue weighted by Gasteiger charge is 2.12. The molecule has 3 rings (SSSR count). The van der Waals surface area contributed by atoms with Crippen LogP contribution in [0, 0.1) is 5.82 Å². The maximum Gasteiger partial charge on any atom is 0.183 e. The summed E-state index contributed by atoms with van der Waals surface area (Å²) in [5, 5.41) is 0. The van der Waals surface area contributed by atoms with Gasteiger partial charge in [0.15, 0.2) is 11.5 Å². The Labute approximate surface area is 101 Å². The third kappa shape index (κ3) is 1.53. The fourth-order valence-corrected chi connectivity index (χ4v) is 1.71. The molecule has 0 aliphatic heterocycles. The molecular weight excluding hydrogens is 235 g/mol. The highest BCUT2D eigenvalue weighted by molar-refractivity contribution is 5.85. The van der Waals surface area contributed by atoms with Crippen molar-refractivity contribution >= 4 is 22.7 Å². The molecule has 0 aliphatic carbocycles. The lowest BCUT2D eigenvalue weighted by atomic mass is 10.1. The minimum Gasteiger partial charge on any atom is -0.398 e. The molecule has 7 heteroatoms. The summed E-state index contributed by atoms with van der Waals surface area (Å²) >= 11 is 0. The molecule has 0 spiro atoms. The van der Waals surface area contributed by atoms with Gasteiger partial charge in [-0.25, -0.2) is 19.3 Å². The number of hydrogen-bond donors (Lipinski definition) is 3. The van der Waals surface area contributed by atoms with Crippen molar-refractivity contribution in [1.29, 1.82) is 0 Å². The molecule has 1 aromatic carbocycles. The number of imidazole rings is 1. The van der Waals surface area contributed by atoms with Crippen LogP contribution >= 0.6 is 0 Å². The summed E-state index contributed by atoms with van der Waals surface area (Å²) in [4.78, 5) is 15.0. The van der Waals surface area contributed by atoms with Crippen molar-refractivity contribution in [1.82, 2.24) is 19.9 Å². The van der Waals surface area contributed by atoms with E-state index < -0.39 is 5.82 Å². The second-order valence-electron chi connectivity index (χ2n) is 3.77. The molecule has 0 radical (unpaired) electrons. The Hall–Kier alpha value is -2.70. The summed E-state index contributed by atoms with van der Waals surface area (Å²) in [6, 6.07) is 4.07. The molecule has 18 heavy (non-hydrogen) atoms. The van der Waals surface area contributed by atoms with E-state index in [9.17, 15) is 4.39 Å². The number of nitrogens with zero attached hydrogens (tertiary/aromatic N) is 3. The predicted octanol–water partition coefficient (Wildman–Crippen LogP) is 1.32. The van der Waals surface area contributed by atoms with Gasteiger partial charge >= 0.3 is 0 Å². The molecule has 5 N–H and O–H groups in total. The molecule has 2 aromatic heterocycles. The monoisotopic (exact) mass is 244 g/mol. The van der Waals surface area contributed by atoms with Crippen LogP contribution in [0.25, 0.3) is 22.6 Å². The molecule has 6 nitrogen and oxygen atoms in total. The number of benzene rings is 1. The number of fused-ring (bicyclic) bond motifs is 1. The summed E-state index contributed by atoms with van der Waals surface area (Å²) in [5.41, 5.74) is 13.3. The van der Waals surface area contributed by atoms with Crippen molar-refractivity contribution in [2.75, 3.05) is 11.5 Å². The lowest BCUT2D eigenvalue weighted by Gasteiger charge is -2.01. The van der Waals surface area contributed by atoms with E-state index in [0.29, 0.717) is 28.2 Å². The average Bonchev–Trinajstić information content (AvgIpc) is 2.77. The fraction of sp³-hybridized carbons (Fsp3) is 0. The van der Waals surface area contributed by atoms with Crippen LogP contribution in [-0.2, 0) is 0 Å². The Morgan fingerprint density at radius 3 is 2.78 bits per heavy atom. The van der Waals surface area contributed by atoms with Crippen molar-refractivity contribution in [3.8, 4) is 11.4 Å². The Balaban J connectivity index is 2.26. The van der Waals surface area contributed by atoms with E-state index in [2.05, 4.69) is 19.9 Å². The van der Waals surface area contributed by atoms with Crippen LogP contribution in [0.5, 0.6) is 0 Å². The van der Waals surface area contributed by atoms with Crippen LogP contribution in [0.2, 0.25) is 0 Å². The van der Waals surface area contributed by atoms with Gasteiger partial charge in [-0.05, 0) is 18.2 Å². The standard InChI is InChI=1S/C11H9FN6/c12-5-1-2-7(13)6(3-5)10-17-8-9(14)15-4-16-11(8)18-10/h1-4H,13H2,(H3,14,15,16,17,18). The summed E-state index contributed by atoms with van der Waals surface area (Å²) in [6.07, 6.45) is 1.32. The normalized spacial score (nSPS) is 10.9. The summed E-state index contributed by atoms with van der Waals surface area (Å²) < 4.78 is 13.2. The predicted molar refractivity (Wildman–Crippen MR) is 65.9 cm³/mol. The van der Waals surface area contributed by atoms with E-state index in [-0.39, 0.29) is 5.82 Å². The molecular formula is C11H9FN6. The molecule has 90 valence electrons. The largest absolute Gasteiger partial charge is 0.398 e. The zero-order chi connectivity index (χ0) is 12.7. The summed E-state index contributed by atoms with van der Waals surface area (Å²) in [6.45, 7) is 0. The number of anilines is 2. The molecule has 0 saturated carbocycles. The quantitative estimate of drug-likeness (QED) is 0.560. The van der Waals surface area contributed by atoms with Crippen molar-refractivity contribution < 1.29 is 4.39 Å². The molecule has 0 amide bonds. The number of H-pyrrole nitrogens is 1. The maximum atomic E-state index is 13.2. The van der Waals surface area contributed by atoms with E-state index >= 15 is 0 Å². The molecule has 0 saturated heterocycles. The van der Waals surface area contributed by atoms with Crippen molar-refractivity contribution in [2.24, 2.45) is 0 Å². The van der Waals surface area contributed by atoms with Crippen molar-refractivity contribution in [2.45, 2.75) is 0 Å². The van der Waals surface area contributed by atoms with Gasteiger partial charge in [0.1, 0.15) is 23.5 Å². The number of halogens is 1. The van der Waals surface area contributed by atoms with Gasteiger partial charge in [0.2, 0.25) is 0 Å². The van der Waals surface area contributed by atoms with Gasteiger partial charge in [-0.15, -0.1) is 0 Å². The van der Waals surface area contributed by atoms with Crippen molar-refractivity contribution in [3.63, 3.8) is 0 Å². The van der Waals surface area contributed by atoms with E-state index in [1.54, 1.807) is 0 Å². The van der Waals surface area contributed by atoms with Crippen LogP contribution in [-0.4, -0.2) is 19.9 Å². The van der Waals surface area contributed by atoms with Gasteiger partial charge in [0, 0.05) is 11.3 Å². The number of rotatable bonds is 1. The van der Waals surface area contributed by atoms with Gasteiger partial charge in [-0.1, -0.05) is 0 Å². The second kappa shape index (κ2) is 3.66. The molecule has 0 aliphatic rings. The van der Waals surface area contributed by atoms with Gasteiger partial charge in [-0.2, -0.15) is 0 Å². The van der Waals surface area contributed by atoms with Crippen LogP contribution < -0.4 is 11.5 Å². The lowest BCUT2D eigenvalue weighted by molar-refractivity contribution is 0.628. The third-order valence-electron chi connectivity index (χ3n) is 2.59. The Kier molecular flexibility index (Phi) is 2.12. The minimum absolute atomic E-state index is 0.286. The van der Waals surface area contributed by atoms with Gasteiger partial charge in [0.05, 0.1) is 0 Å². The summed E-state index contributed by atoms with van der Waals surface area (Å²) in [5.74, 6) is 0.307. The number of hydrogen-bond acceptors (Lipinski definition) is 5. The zero-order valence-electron chi connectivity index (χ0n) is 9.18. The second-order valence-corrected chi connectivity index (χ2v) is 3.77. The van der Waals surface area contributed by atoms with Crippen molar-refractivity contribution in [3.05, 3.63) is 30.3 Å². The van der Waals surface area contributed by atoms with Gasteiger partial charge in [0.25, 0.3) is 0 Å². The zero-order valence-corrected chi connectivity index (χ0v) is 9.18. The Bertz CT molecular complexity index is 735. The average molecular weight is 244 g/mol. The molecule has 0 fully saturated rings. The van der Waals surface area contributed by atoms with Crippen LogP contribution in [0.15, 0.2) is 24.5 Å². The molecule has 0 bridgehead atoms. The highest BCUT2D eigenvalue weighted by Crippen LogP contribution is 2.26. The summed E-state index contributed by atoms with van der Waals surface area (Å²) in [7, 11) is 0. The van der Waals surface area contributed by atoms with E-state index in [1.165, 1.54) is 24.5 Å². The van der Waals surface area contributed by atoms with Gasteiger partial charge < -0.3 is 16.5 Å². The molecule has 2 heterocycles. The lowest BCUT2D eigenvalue weighted by Crippen LogP contribution is -1.92.